The first-order valence-corrected chi connectivity index (χ1v) is 17.8. The maximum absolute atomic E-state index is 14.9. The smallest absolute Gasteiger partial charge is 0.293 e. The monoisotopic (exact) mass is 571 g/mol. The highest BCUT2D eigenvalue weighted by molar-refractivity contribution is 7.90. The third-order valence-corrected chi connectivity index (χ3v) is 8.95. The van der Waals surface area contributed by atoms with Crippen molar-refractivity contribution in [3.8, 4) is 11.3 Å². The van der Waals surface area contributed by atoms with Gasteiger partial charge in [-0.25, -0.2) is 22.8 Å². The van der Waals surface area contributed by atoms with Crippen LogP contribution in [0, 0.1) is 22.9 Å². The molecule has 0 aliphatic rings. The quantitative estimate of drug-likeness (QED) is 0.108. The topological polar surface area (TPSA) is 129 Å². The van der Waals surface area contributed by atoms with Gasteiger partial charge in [-0.3, -0.25) is 10.1 Å². The van der Waals surface area contributed by atoms with Crippen LogP contribution in [0.4, 0.5) is 21.7 Å². The van der Waals surface area contributed by atoms with Gasteiger partial charge >= 0.3 is 0 Å². The van der Waals surface area contributed by atoms with Crippen LogP contribution in [-0.4, -0.2) is 48.8 Å². The summed E-state index contributed by atoms with van der Waals surface area (Å²) < 4.78 is 46.4. The van der Waals surface area contributed by atoms with Gasteiger partial charge in [0, 0.05) is 50.3 Å². The van der Waals surface area contributed by atoms with Crippen molar-refractivity contribution >= 4 is 46.1 Å². The van der Waals surface area contributed by atoms with Gasteiger partial charge in [0.15, 0.2) is 15.7 Å². The van der Waals surface area contributed by atoms with E-state index in [1.807, 2.05) is 0 Å². The molecule has 13 heteroatoms. The molecule has 2 heterocycles. The molecule has 1 N–H and O–H groups in total. The summed E-state index contributed by atoms with van der Waals surface area (Å²) >= 11 is 0. The number of anilines is 2. The van der Waals surface area contributed by atoms with Gasteiger partial charge in [-0.2, -0.15) is 0 Å². The third kappa shape index (κ3) is 6.32. The van der Waals surface area contributed by atoms with E-state index in [1.54, 1.807) is 36.0 Å². The number of sulfone groups is 1. The average molecular weight is 572 g/mol. The molecule has 0 bridgehead atoms. The molecule has 0 radical (unpaired) electrons. The summed E-state index contributed by atoms with van der Waals surface area (Å²) in [6, 6.07) is 9.79. The van der Waals surface area contributed by atoms with Gasteiger partial charge in [-0.1, -0.05) is 37.8 Å². The number of fused-ring (bicyclic) bond motifs is 1. The Bertz CT molecular complexity index is 1670. The number of halogens is 1. The van der Waals surface area contributed by atoms with Crippen LogP contribution in [0.1, 0.15) is 5.56 Å². The number of aromatic nitrogens is 3. The van der Waals surface area contributed by atoms with E-state index in [4.69, 9.17) is 4.74 Å². The summed E-state index contributed by atoms with van der Waals surface area (Å²) in [6.07, 6.45) is 4.24. The van der Waals surface area contributed by atoms with Crippen molar-refractivity contribution in [2.45, 2.75) is 44.2 Å². The fourth-order valence-electron chi connectivity index (χ4n) is 4.11. The third-order valence-electron chi connectivity index (χ3n) is 6.14. The highest BCUT2D eigenvalue weighted by atomic mass is 32.2. The molecule has 0 saturated heterocycles. The first-order chi connectivity index (χ1) is 18.3. The van der Waals surface area contributed by atoms with Crippen molar-refractivity contribution in [3.63, 3.8) is 0 Å². The van der Waals surface area contributed by atoms with Gasteiger partial charge < -0.3 is 14.6 Å². The molecule has 0 aliphatic carbocycles. The summed E-state index contributed by atoms with van der Waals surface area (Å²) in [5, 5.41) is 15.2. The zero-order chi connectivity index (χ0) is 28.5. The largest absolute Gasteiger partial charge is 0.361 e. The molecule has 0 aliphatic heterocycles. The Balaban J connectivity index is 1.76. The van der Waals surface area contributed by atoms with Crippen LogP contribution in [0.25, 0.3) is 22.2 Å². The minimum Gasteiger partial charge on any atom is -0.361 e. The second-order valence-corrected chi connectivity index (χ2v) is 18.1. The molecule has 0 fully saturated rings. The first kappa shape index (κ1) is 28.3. The lowest BCUT2D eigenvalue weighted by atomic mass is 10.1. The molecule has 10 nitrogen and oxygen atoms in total. The minimum absolute atomic E-state index is 0.0397. The molecule has 0 amide bonds. The molecule has 4 aromatic rings. The molecule has 2 aromatic carbocycles. The molecule has 39 heavy (non-hydrogen) atoms. The number of nitrogens with zero attached hydrogens (tertiary/aromatic N) is 4. The highest BCUT2D eigenvalue weighted by Crippen LogP contribution is 2.36. The zero-order valence-corrected chi connectivity index (χ0v) is 24.2. The molecule has 0 atom stereocenters. The van der Waals surface area contributed by atoms with Gasteiger partial charge in [-0.15, -0.1) is 0 Å². The predicted octanol–water partition coefficient (Wildman–Crippen LogP) is 5.91. The van der Waals surface area contributed by atoms with E-state index in [0.717, 1.165) is 12.3 Å². The Morgan fingerprint density at radius 2 is 1.90 bits per heavy atom. The molecule has 0 saturated carbocycles. The fraction of sp³-hybridized carbons (Fsp3) is 0.308. The summed E-state index contributed by atoms with van der Waals surface area (Å²) in [7, 11) is -5.10. The Hall–Kier alpha value is -3.68. The number of non-ortho nitro benzene ring substituents is 1. The van der Waals surface area contributed by atoms with Crippen LogP contribution < -0.4 is 5.32 Å². The Labute approximate surface area is 226 Å². The van der Waals surface area contributed by atoms with E-state index in [-0.39, 0.29) is 24.1 Å². The van der Waals surface area contributed by atoms with Gasteiger partial charge in [-0.05, 0) is 30.7 Å². The van der Waals surface area contributed by atoms with Gasteiger partial charge in [0.05, 0.1) is 16.3 Å². The summed E-state index contributed by atoms with van der Waals surface area (Å²) in [4.78, 5) is 19.8. The summed E-state index contributed by atoms with van der Waals surface area (Å²) in [5.74, 6) is -0.897. The van der Waals surface area contributed by atoms with Gasteiger partial charge in [0.2, 0.25) is 5.95 Å². The number of aryl methyl sites for hydroxylation is 1. The van der Waals surface area contributed by atoms with Crippen molar-refractivity contribution in [3.05, 3.63) is 70.3 Å². The van der Waals surface area contributed by atoms with Crippen LogP contribution in [0.3, 0.4) is 0 Å². The number of nitro benzene ring substituents is 1. The van der Waals surface area contributed by atoms with Crippen molar-refractivity contribution in [2.24, 2.45) is 0 Å². The highest BCUT2D eigenvalue weighted by Gasteiger charge is 2.23. The lowest BCUT2D eigenvalue weighted by molar-refractivity contribution is -0.383. The second-order valence-electron chi connectivity index (χ2n) is 10.5. The number of nitrogens with one attached hydrogen (secondary N) is 1. The fourth-order valence-corrected chi connectivity index (χ4v) is 5.63. The van der Waals surface area contributed by atoms with E-state index in [9.17, 15) is 22.9 Å². The molecular weight excluding hydrogens is 541 g/mol. The number of ether oxygens (including phenoxy) is 1. The SMILES string of the molecule is Cc1cnc(Nc2cccc(S(C)(=O)=O)c2F)nc1-c1cn(COCC[Si](C)(C)C)c2c([N+](=O)[O-])cccc12. The molecule has 0 unspecified atom stereocenters. The van der Waals surface area contributed by atoms with E-state index in [1.165, 1.54) is 24.3 Å². The maximum Gasteiger partial charge on any atom is 0.293 e. The summed E-state index contributed by atoms with van der Waals surface area (Å²) in [6.45, 7) is 9.22. The lowest BCUT2D eigenvalue weighted by Crippen LogP contribution is -2.22. The minimum atomic E-state index is -3.78. The van der Waals surface area contributed by atoms with Crippen molar-refractivity contribution < 1.29 is 22.5 Å². The average Bonchev–Trinajstić information content (AvgIpc) is 3.21. The van der Waals surface area contributed by atoms with E-state index in [0.29, 0.717) is 34.3 Å². The van der Waals surface area contributed by atoms with Crippen molar-refractivity contribution in [2.75, 3.05) is 18.2 Å². The van der Waals surface area contributed by atoms with Crippen LogP contribution in [0.15, 0.2) is 53.7 Å². The number of rotatable bonds is 10. The van der Waals surface area contributed by atoms with E-state index < -0.39 is 33.5 Å². The lowest BCUT2D eigenvalue weighted by Gasteiger charge is -2.15. The van der Waals surface area contributed by atoms with Crippen LogP contribution in [0.5, 0.6) is 0 Å². The second kappa shape index (κ2) is 10.8. The summed E-state index contributed by atoms with van der Waals surface area (Å²) in [5.41, 5.74) is 2.05. The first-order valence-electron chi connectivity index (χ1n) is 12.2. The Morgan fingerprint density at radius 3 is 2.56 bits per heavy atom. The predicted molar refractivity (Wildman–Crippen MR) is 151 cm³/mol. The normalized spacial score (nSPS) is 12.2. The van der Waals surface area contributed by atoms with E-state index in [2.05, 4.69) is 34.9 Å². The Kier molecular flexibility index (Phi) is 7.86. The van der Waals surface area contributed by atoms with E-state index >= 15 is 0 Å². The number of hydrogen-bond donors (Lipinski definition) is 1. The molecule has 206 valence electrons. The standard InChI is InChI=1S/C26H30FN5O5SSi/c1-17-14-28-26(29-20-9-7-11-22(23(20)27)38(2,35)36)30-24(17)19-15-31(16-37-12-13-39(3,4)5)25-18(19)8-6-10-21(25)32(33)34/h6-11,14-15H,12-13,16H2,1-5H3,(H,28,29,30). The maximum atomic E-state index is 14.9. The molecule has 0 spiro atoms. The number of para-hydroxylation sites is 1. The van der Waals surface area contributed by atoms with Gasteiger partial charge in [0.1, 0.15) is 17.1 Å². The number of benzene rings is 2. The van der Waals surface area contributed by atoms with Gasteiger partial charge in [0.25, 0.3) is 5.69 Å². The number of hydrogen-bond acceptors (Lipinski definition) is 8. The molecular formula is C26H30FN5O5SSi. The molecule has 4 rings (SSSR count). The van der Waals surface area contributed by atoms with Crippen molar-refractivity contribution in [1.82, 2.24) is 14.5 Å². The van der Waals surface area contributed by atoms with Crippen LogP contribution in [-0.2, 0) is 21.3 Å². The Morgan fingerprint density at radius 1 is 1.18 bits per heavy atom. The number of nitro groups is 1. The van der Waals surface area contributed by atoms with Crippen molar-refractivity contribution in [1.29, 1.82) is 0 Å². The van der Waals surface area contributed by atoms with Crippen LogP contribution in [0.2, 0.25) is 25.7 Å². The molecule has 2 aromatic heterocycles. The van der Waals surface area contributed by atoms with Crippen LogP contribution >= 0.6 is 0 Å². The zero-order valence-electron chi connectivity index (χ0n) is 22.4.